The van der Waals surface area contributed by atoms with E-state index in [1.54, 1.807) is 4.90 Å². The second-order valence-corrected chi connectivity index (χ2v) is 5.85. The molecule has 0 aliphatic carbocycles. The molecule has 0 atom stereocenters. The van der Waals surface area contributed by atoms with E-state index in [0.717, 1.165) is 30.2 Å². The van der Waals surface area contributed by atoms with Crippen molar-refractivity contribution in [2.24, 2.45) is 0 Å². The second kappa shape index (κ2) is 6.64. The molecule has 2 amide bonds. The van der Waals surface area contributed by atoms with Crippen molar-refractivity contribution >= 4 is 11.8 Å². The SMILES string of the molecule is Cc1ccc(N2CC(N(C)C(=O)NCc3ccccc3)C2)nn1. The van der Waals surface area contributed by atoms with Crippen LogP contribution < -0.4 is 10.2 Å². The predicted octanol–water partition coefficient (Wildman–Crippen LogP) is 1.82. The molecule has 23 heavy (non-hydrogen) atoms. The molecule has 1 aromatic carbocycles. The van der Waals surface area contributed by atoms with Gasteiger partial charge < -0.3 is 15.1 Å². The molecule has 1 aromatic heterocycles. The number of hydrogen-bond acceptors (Lipinski definition) is 4. The molecule has 1 aliphatic rings. The Morgan fingerprint density at radius 2 is 1.96 bits per heavy atom. The summed E-state index contributed by atoms with van der Waals surface area (Å²) in [4.78, 5) is 16.1. The normalized spacial score (nSPS) is 14.3. The first-order valence-corrected chi connectivity index (χ1v) is 7.73. The molecule has 1 saturated heterocycles. The number of carbonyl (C=O) groups excluding carboxylic acids is 1. The second-order valence-electron chi connectivity index (χ2n) is 5.85. The first-order chi connectivity index (χ1) is 11.1. The van der Waals surface area contributed by atoms with Gasteiger partial charge in [0.05, 0.1) is 11.7 Å². The largest absolute Gasteiger partial charge is 0.351 e. The number of benzene rings is 1. The highest BCUT2D eigenvalue weighted by atomic mass is 16.2. The number of nitrogens with one attached hydrogen (secondary N) is 1. The maximum absolute atomic E-state index is 12.2. The summed E-state index contributed by atoms with van der Waals surface area (Å²) in [5.74, 6) is 0.866. The zero-order valence-corrected chi connectivity index (χ0v) is 13.4. The number of amides is 2. The van der Waals surface area contributed by atoms with Crippen molar-refractivity contribution < 1.29 is 4.79 Å². The Balaban J connectivity index is 1.47. The van der Waals surface area contributed by atoms with Crippen molar-refractivity contribution in [2.45, 2.75) is 19.5 Å². The number of anilines is 1. The molecule has 3 rings (SSSR count). The molecule has 1 N–H and O–H groups in total. The summed E-state index contributed by atoms with van der Waals surface area (Å²) in [6.07, 6.45) is 0. The van der Waals surface area contributed by atoms with Gasteiger partial charge in [0.2, 0.25) is 0 Å². The van der Waals surface area contributed by atoms with Gasteiger partial charge in [0.25, 0.3) is 0 Å². The summed E-state index contributed by atoms with van der Waals surface area (Å²) < 4.78 is 0. The highest BCUT2D eigenvalue weighted by molar-refractivity contribution is 5.74. The summed E-state index contributed by atoms with van der Waals surface area (Å²) in [6.45, 7) is 4.03. The number of likely N-dealkylation sites (N-methyl/N-ethyl adjacent to an activating group) is 1. The van der Waals surface area contributed by atoms with Crippen molar-refractivity contribution in [1.82, 2.24) is 20.4 Å². The molecule has 2 aromatic rings. The van der Waals surface area contributed by atoms with Crippen LogP contribution in [-0.4, -0.2) is 47.3 Å². The minimum absolute atomic E-state index is 0.0477. The van der Waals surface area contributed by atoms with E-state index in [9.17, 15) is 4.79 Å². The summed E-state index contributed by atoms with van der Waals surface area (Å²) in [5.41, 5.74) is 2.00. The van der Waals surface area contributed by atoms with Crippen LogP contribution >= 0.6 is 0 Å². The predicted molar refractivity (Wildman–Crippen MR) is 89.2 cm³/mol. The third-order valence-electron chi connectivity index (χ3n) is 4.12. The van der Waals surface area contributed by atoms with E-state index < -0.39 is 0 Å². The number of aromatic nitrogens is 2. The molecule has 6 heteroatoms. The fourth-order valence-corrected chi connectivity index (χ4v) is 2.51. The van der Waals surface area contributed by atoms with Gasteiger partial charge in [0.15, 0.2) is 5.82 Å². The number of hydrogen-bond donors (Lipinski definition) is 1. The van der Waals surface area contributed by atoms with Gasteiger partial charge in [0.1, 0.15) is 0 Å². The third kappa shape index (κ3) is 3.59. The standard InChI is InChI=1S/C17H21N5O/c1-13-8-9-16(20-19-13)22-11-15(12-22)21(2)17(23)18-10-14-6-4-3-5-7-14/h3-9,15H,10-12H2,1-2H3,(H,18,23). The van der Waals surface area contributed by atoms with Crippen LogP contribution in [0.4, 0.5) is 10.6 Å². The van der Waals surface area contributed by atoms with Gasteiger partial charge in [-0.05, 0) is 24.6 Å². The van der Waals surface area contributed by atoms with Crippen molar-refractivity contribution in [1.29, 1.82) is 0 Å². The van der Waals surface area contributed by atoms with E-state index in [1.165, 1.54) is 0 Å². The molecule has 6 nitrogen and oxygen atoms in total. The van der Waals surface area contributed by atoms with Crippen molar-refractivity contribution in [3.05, 3.63) is 53.7 Å². The van der Waals surface area contributed by atoms with E-state index in [0.29, 0.717) is 6.54 Å². The Bertz CT molecular complexity index is 652. The Kier molecular flexibility index (Phi) is 4.41. The number of nitrogens with zero attached hydrogens (tertiary/aromatic N) is 4. The maximum Gasteiger partial charge on any atom is 0.317 e. The molecule has 1 aliphatic heterocycles. The lowest BCUT2D eigenvalue weighted by Crippen LogP contribution is -2.61. The third-order valence-corrected chi connectivity index (χ3v) is 4.12. The zero-order valence-electron chi connectivity index (χ0n) is 13.4. The Labute approximate surface area is 136 Å². The van der Waals surface area contributed by atoms with Crippen molar-refractivity contribution in [3.63, 3.8) is 0 Å². The lowest BCUT2D eigenvalue weighted by Gasteiger charge is -2.44. The Morgan fingerprint density at radius 1 is 1.22 bits per heavy atom. The molecule has 1 fully saturated rings. The summed E-state index contributed by atoms with van der Waals surface area (Å²) in [5, 5.41) is 11.2. The number of aryl methyl sites for hydroxylation is 1. The van der Waals surface area contributed by atoms with Crippen LogP contribution in [0.5, 0.6) is 0 Å². The van der Waals surface area contributed by atoms with E-state index in [4.69, 9.17) is 0 Å². The molecule has 0 bridgehead atoms. The van der Waals surface area contributed by atoms with Gasteiger partial charge in [0, 0.05) is 26.7 Å². The molecule has 0 spiro atoms. The quantitative estimate of drug-likeness (QED) is 0.935. The Morgan fingerprint density at radius 3 is 2.61 bits per heavy atom. The average Bonchev–Trinajstić information content (AvgIpc) is 2.54. The highest BCUT2D eigenvalue weighted by Gasteiger charge is 2.33. The minimum atomic E-state index is -0.0477. The summed E-state index contributed by atoms with van der Waals surface area (Å²) >= 11 is 0. The monoisotopic (exact) mass is 311 g/mol. The van der Waals surface area contributed by atoms with Crippen LogP contribution in [0, 0.1) is 6.92 Å². The van der Waals surface area contributed by atoms with Gasteiger partial charge >= 0.3 is 6.03 Å². The number of rotatable bonds is 4. The van der Waals surface area contributed by atoms with E-state index >= 15 is 0 Å². The zero-order chi connectivity index (χ0) is 16.2. The Hall–Kier alpha value is -2.63. The van der Waals surface area contributed by atoms with Crippen LogP contribution in [0.25, 0.3) is 0 Å². The van der Waals surface area contributed by atoms with E-state index in [1.807, 2.05) is 56.4 Å². The van der Waals surface area contributed by atoms with E-state index in [2.05, 4.69) is 20.4 Å². The maximum atomic E-state index is 12.2. The molecule has 0 unspecified atom stereocenters. The van der Waals surface area contributed by atoms with Crippen LogP contribution in [0.2, 0.25) is 0 Å². The highest BCUT2D eigenvalue weighted by Crippen LogP contribution is 2.20. The summed E-state index contributed by atoms with van der Waals surface area (Å²) in [7, 11) is 1.84. The smallest absolute Gasteiger partial charge is 0.317 e. The first-order valence-electron chi connectivity index (χ1n) is 7.73. The lowest BCUT2D eigenvalue weighted by atomic mass is 10.1. The molecule has 2 heterocycles. The molecule has 0 saturated carbocycles. The van der Waals surface area contributed by atoms with Crippen LogP contribution in [-0.2, 0) is 6.54 Å². The summed E-state index contributed by atoms with van der Waals surface area (Å²) in [6, 6.07) is 14.0. The van der Waals surface area contributed by atoms with Gasteiger partial charge in [-0.1, -0.05) is 30.3 Å². The van der Waals surface area contributed by atoms with Gasteiger partial charge in [-0.3, -0.25) is 0 Å². The lowest BCUT2D eigenvalue weighted by molar-refractivity contribution is 0.178. The average molecular weight is 311 g/mol. The van der Waals surface area contributed by atoms with Crippen LogP contribution in [0.15, 0.2) is 42.5 Å². The molecular weight excluding hydrogens is 290 g/mol. The van der Waals surface area contributed by atoms with Crippen LogP contribution in [0.3, 0.4) is 0 Å². The van der Waals surface area contributed by atoms with Crippen LogP contribution in [0.1, 0.15) is 11.3 Å². The minimum Gasteiger partial charge on any atom is -0.351 e. The topological polar surface area (TPSA) is 61.4 Å². The fourth-order valence-electron chi connectivity index (χ4n) is 2.51. The van der Waals surface area contributed by atoms with E-state index in [-0.39, 0.29) is 12.1 Å². The van der Waals surface area contributed by atoms with Gasteiger partial charge in [-0.15, -0.1) is 5.10 Å². The molecule has 120 valence electrons. The molecule has 0 radical (unpaired) electrons. The number of carbonyl (C=O) groups is 1. The molecular formula is C17H21N5O. The van der Waals surface area contributed by atoms with Crippen molar-refractivity contribution in [2.75, 3.05) is 25.0 Å². The first kappa shape index (κ1) is 15.3. The van der Waals surface area contributed by atoms with Crippen molar-refractivity contribution in [3.8, 4) is 0 Å². The fraction of sp³-hybridized carbons (Fsp3) is 0.353. The number of urea groups is 1. The van der Waals surface area contributed by atoms with Gasteiger partial charge in [-0.25, -0.2) is 4.79 Å². The van der Waals surface area contributed by atoms with Gasteiger partial charge in [-0.2, -0.15) is 5.10 Å².